The average Bonchev–Trinajstić information content (AvgIpc) is 2.48. The summed E-state index contributed by atoms with van der Waals surface area (Å²) < 4.78 is 0. The first-order chi connectivity index (χ1) is 10.5. The predicted molar refractivity (Wildman–Crippen MR) is 94.4 cm³/mol. The zero-order valence-corrected chi connectivity index (χ0v) is 13.7. The molecule has 22 heavy (non-hydrogen) atoms. The molecule has 0 spiro atoms. The monoisotopic (exact) mass is 332 g/mol. The van der Waals surface area contributed by atoms with Gasteiger partial charge in [0.05, 0.1) is 5.02 Å². The topological polar surface area (TPSA) is 36.1 Å². The molecule has 0 radical (unpaired) electrons. The highest BCUT2D eigenvalue weighted by molar-refractivity contribution is 6.38. The fourth-order valence-electron chi connectivity index (χ4n) is 2.51. The number of benzene rings is 2. The number of rotatable bonds is 2. The molecule has 0 bridgehead atoms. The van der Waals surface area contributed by atoms with Crippen LogP contribution in [0.1, 0.15) is 0 Å². The lowest BCUT2D eigenvalue weighted by Gasteiger charge is -2.19. The molecule has 3 aromatic rings. The minimum Gasteiger partial charge on any atom is -0.377 e. The van der Waals surface area contributed by atoms with Gasteiger partial charge in [-0.25, -0.2) is 0 Å². The molecule has 1 N–H and O–H groups in total. The molecule has 0 amide bonds. The van der Waals surface area contributed by atoms with Crippen molar-refractivity contribution in [2.24, 2.45) is 0 Å². The van der Waals surface area contributed by atoms with E-state index >= 15 is 0 Å². The van der Waals surface area contributed by atoms with Gasteiger partial charge in [-0.05, 0) is 24.3 Å². The molecule has 0 aliphatic heterocycles. The summed E-state index contributed by atoms with van der Waals surface area (Å²) in [6.45, 7) is 0. The number of halogens is 2. The van der Waals surface area contributed by atoms with E-state index in [0.717, 1.165) is 27.7 Å². The molecule has 0 atom stereocenters. The highest BCUT2D eigenvalue weighted by atomic mass is 35.5. The first-order valence-electron chi connectivity index (χ1n) is 6.76. The second-order valence-corrected chi connectivity index (χ2v) is 6.08. The molecule has 0 aliphatic carbocycles. The van der Waals surface area contributed by atoms with E-state index in [-0.39, 0.29) is 5.56 Å². The predicted octanol–water partition coefficient (Wildman–Crippen LogP) is 4.57. The van der Waals surface area contributed by atoms with E-state index in [1.807, 2.05) is 49.3 Å². The molecule has 112 valence electrons. The van der Waals surface area contributed by atoms with Gasteiger partial charge in [-0.3, -0.25) is 4.79 Å². The van der Waals surface area contributed by atoms with Gasteiger partial charge in [0.15, 0.2) is 0 Å². The lowest BCUT2D eigenvalue weighted by molar-refractivity contribution is 1.13. The van der Waals surface area contributed by atoms with Crippen molar-refractivity contribution in [1.82, 2.24) is 4.98 Å². The molecule has 0 saturated heterocycles. The highest BCUT2D eigenvalue weighted by Gasteiger charge is 2.13. The molecule has 5 heteroatoms. The zero-order valence-electron chi connectivity index (χ0n) is 12.2. The zero-order chi connectivity index (χ0) is 15.9. The Bertz CT molecular complexity index is 916. The normalized spacial score (nSPS) is 10.9. The van der Waals surface area contributed by atoms with Crippen molar-refractivity contribution >= 4 is 39.8 Å². The molecule has 2 aromatic carbocycles. The average molecular weight is 333 g/mol. The Balaban J connectivity index is 2.29. The SMILES string of the molecule is CN(C)c1cc(Cl)ccc1-c1ccc2[nH]c(=O)ccc2c1Cl. The standard InChI is InChI=1S/C17H14Cl2N2O/c1-21(2)15-9-10(18)3-4-11(15)12-5-7-14-13(17(12)19)6-8-16(22)20-14/h3-9H,1-2H3,(H,20,22). The summed E-state index contributed by atoms with van der Waals surface area (Å²) in [7, 11) is 3.92. The van der Waals surface area contributed by atoms with Gasteiger partial charge in [0.1, 0.15) is 0 Å². The van der Waals surface area contributed by atoms with Crippen LogP contribution in [0, 0.1) is 0 Å². The van der Waals surface area contributed by atoms with Crippen molar-refractivity contribution in [3.63, 3.8) is 0 Å². The number of hydrogen-bond acceptors (Lipinski definition) is 2. The van der Waals surface area contributed by atoms with Crippen LogP contribution in [0.15, 0.2) is 47.3 Å². The van der Waals surface area contributed by atoms with Gasteiger partial charge < -0.3 is 9.88 Å². The smallest absolute Gasteiger partial charge is 0.248 e. The number of pyridine rings is 1. The van der Waals surface area contributed by atoms with E-state index in [0.29, 0.717) is 10.0 Å². The second-order valence-electron chi connectivity index (χ2n) is 5.27. The van der Waals surface area contributed by atoms with E-state index in [9.17, 15) is 4.79 Å². The summed E-state index contributed by atoms with van der Waals surface area (Å²) >= 11 is 12.7. The van der Waals surface area contributed by atoms with Crippen LogP contribution in [0.3, 0.4) is 0 Å². The quantitative estimate of drug-likeness (QED) is 0.746. The van der Waals surface area contributed by atoms with Gasteiger partial charge >= 0.3 is 0 Å². The van der Waals surface area contributed by atoms with Gasteiger partial charge in [0.25, 0.3) is 0 Å². The van der Waals surface area contributed by atoms with Gasteiger partial charge in [0.2, 0.25) is 5.56 Å². The number of nitrogens with zero attached hydrogens (tertiary/aromatic N) is 1. The van der Waals surface area contributed by atoms with Crippen molar-refractivity contribution in [2.75, 3.05) is 19.0 Å². The van der Waals surface area contributed by atoms with Crippen LogP contribution in [0.4, 0.5) is 5.69 Å². The molecule has 0 saturated carbocycles. The minimum absolute atomic E-state index is 0.142. The summed E-state index contributed by atoms with van der Waals surface area (Å²) in [5.74, 6) is 0. The Morgan fingerprint density at radius 3 is 2.41 bits per heavy atom. The summed E-state index contributed by atoms with van der Waals surface area (Å²) in [5, 5.41) is 2.10. The number of H-pyrrole nitrogens is 1. The Morgan fingerprint density at radius 2 is 1.68 bits per heavy atom. The Hall–Kier alpha value is -1.97. The van der Waals surface area contributed by atoms with Crippen molar-refractivity contribution < 1.29 is 0 Å². The third-order valence-electron chi connectivity index (χ3n) is 3.57. The molecule has 3 nitrogen and oxygen atoms in total. The third kappa shape index (κ3) is 2.58. The lowest BCUT2D eigenvalue weighted by atomic mass is 10.0. The number of fused-ring (bicyclic) bond motifs is 1. The van der Waals surface area contributed by atoms with Gasteiger partial charge in [-0.15, -0.1) is 0 Å². The van der Waals surface area contributed by atoms with E-state index in [1.54, 1.807) is 6.07 Å². The molecule has 0 unspecified atom stereocenters. The van der Waals surface area contributed by atoms with Crippen LogP contribution in [0.2, 0.25) is 10.0 Å². The maximum absolute atomic E-state index is 11.4. The van der Waals surface area contributed by atoms with Crippen molar-refractivity contribution in [3.05, 3.63) is 62.9 Å². The van der Waals surface area contributed by atoms with E-state index < -0.39 is 0 Å². The third-order valence-corrected chi connectivity index (χ3v) is 4.21. The maximum atomic E-state index is 11.4. The second kappa shape index (κ2) is 5.67. The summed E-state index contributed by atoms with van der Waals surface area (Å²) in [6, 6.07) is 12.7. The fourth-order valence-corrected chi connectivity index (χ4v) is 3.00. The summed E-state index contributed by atoms with van der Waals surface area (Å²) in [6.07, 6.45) is 0. The minimum atomic E-state index is -0.142. The lowest BCUT2D eigenvalue weighted by Crippen LogP contribution is -2.10. The maximum Gasteiger partial charge on any atom is 0.248 e. The number of hydrogen-bond donors (Lipinski definition) is 1. The van der Waals surface area contributed by atoms with Gasteiger partial charge in [-0.1, -0.05) is 35.3 Å². The van der Waals surface area contributed by atoms with E-state index in [2.05, 4.69) is 4.98 Å². The number of aromatic amines is 1. The fraction of sp³-hybridized carbons (Fsp3) is 0.118. The Kier molecular flexibility index (Phi) is 3.85. The van der Waals surface area contributed by atoms with Crippen molar-refractivity contribution in [2.45, 2.75) is 0 Å². The van der Waals surface area contributed by atoms with Crippen molar-refractivity contribution in [1.29, 1.82) is 0 Å². The molecule has 3 rings (SSSR count). The largest absolute Gasteiger partial charge is 0.377 e. The molecular formula is C17H14Cl2N2O. The van der Waals surface area contributed by atoms with Crippen LogP contribution >= 0.6 is 23.2 Å². The molecule has 0 aliphatic rings. The van der Waals surface area contributed by atoms with Gasteiger partial charge in [0, 0.05) is 52.9 Å². The summed E-state index contributed by atoms with van der Waals surface area (Å²) in [5.41, 5.74) is 3.46. The van der Waals surface area contributed by atoms with Crippen molar-refractivity contribution in [3.8, 4) is 11.1 Å². The molecular weight excluding hydrogens is 319 g/mol. The molecule has 1 aromatic heterocycles. The Labute approximate surface area is 138 Å². The molecule has 1 heterocycles. The van der Waals surface area contributed by atoms with Crippen LogP contribution in [0.5, 0.6) is 0 Å². The van der Waals surface area contributed by atoms with Crippen LogP contribution < -0.4 is 10.5 Å². The van der Waals surface area contributed by atoms with E-state index in [4.69, 9.17) is 23.2 Å². The number of anilines is 1. The number of aromatic nitrogens is 1. The van der Waals surface area contributed by atoms with Gasteiger partial charge in [-0.2, -0.15) is 0 Å². The van der Waals surface area contributed by atoms with Crippen LogP contribution in [-0.2, 0) is 0 Å². The molecule has 0 fully saturated rings. The number of nitrogens with one attached hydrogen (secondary N) is 1. The van der Waals surface area contributed by atoms with E-state index in [1.165, 1.54) is 6.07 Å². The van der Waals surface area contributed by atoms with Crippen LogP contribution in [-0.4, -0.2) is 19.1 Å². The highest BCUT2D eigenvalue weighted by Crippen LogP contribution is 2.39. The first kappa shape index (κ1) is 14.9. The first-order valence-corrected chi connectivity index (χ1v) is 7.52. The van der Waals surface area contributed by atoms with Crippen LogP contribution in [0.25, 0.3) is 22.0 Å². The summed E-state index contributed by atoms with van der Waals surface area (Å²) in [4.78, 5) is 16.2. The Morgan fingerprint density at radius 1 is 0.955 bits per heavy atom.